The molecular weight excluding hydrogens is 172 g/mol. The van der Waals surface area contributed by atoms with Crippen LogP contribution in [0.5, 0.6) is 0 Å². The number of benzene rings is 1. The fraction of sp³-hybridized carbons (Fsp3) is 0.500. The molecule has 1 unspecified atom stereocenters. The van der Waals surface area contributed by atoms with Crippen molar-refractivity contribution in [3.63, 3.8) is 0 Å². The molecule has 2 heteroatoms. The van der Waals surface area contributed by atoms with Crippen LogP contribution in [0.2, 0.25) is 0 Å². The maximum Gasteiger partial charge on any atom is 0.0231 e. The molecule has 78 valence electrons. The fourth-order valence-electron chi connectivity index (χ4n) is 1.56. The van der Waals surface area contributed by atoms with Gasteiger partial charge in [0, 0.05) is 19.1 Å². The summed E-state index contributed by atoms with van der Waals surface area (Å²) < 4.78 is 0. The van der Waals surface area contributed by atoms with E-state index >= 15 is 0 Å². The maximum absolute atomic E-state index is 5.73. The van der Waals surface area contributed by atoms with Gasteiger partial charge in [-0.05, 0) is 26.5 Å². The average molecular weight is 192 g/mol. The minimum absolute atomic E-state index is 0.241. The topological polar surface area (TPSA) is 29.3 Å². The molecule has 0 aliphatic rings. The van der Waals surface area contributed by atoms with Crippen LogP contribution in [0.4, 0.5) is 0 Å². The van der Waals surface area contributed by atoms with Crippen molar-refractivity contribution in [2.45, 2.75) is 26.4 Å². The summed E-state index contributed by atoms with van der Waals surface area (Å²) in [5, 5.41) is 0. The Morgan fingerprint density at radius 3 is 2.36 bits per heavy atom. The minimum atomic E-state index is 0.241. The van der Waals surface area contributed by atoms with Gasteiger partial charge in [0.05, 0.1) is 0 Å². The molecule has 0 aliphatic carbocycles. The van der Waals surface area contributed by atoms with Crippen molar-refractivity contribution in [3.05, 3.63) is 35.4 Å². The van der Waals surface area contributed by atoms with E-state index in [1.165, 1.54) is 11.1 Å². The van der Waals surface area contributed by atoms with E-state index in [0.717, 1.165) is 13.1 Å². The van der Waals surface area contributed by atoms with Crippen molar-refractivity contribution < 1.29 is 0 Å². The van der Waals surface area contributed by atoms with Crippen LogP contribution in [0.15, 0.2) is 24.3 Å². The molecule has 0 heterocycles. The van der Waals surface area contributed by atoms with Gasteiger partial charge in [0.2, 0.25) is 0 Å². The highest BCUT2D eigenvalue weighted by Gasteiger charge is 2.02. The van der Waals surface area contributed by atoms with Gasteiger partial charge in [-0.3, -0.25) is 0 Å². The molecule has 2 N–H and O–H groups in total. The number of nitrogens with two attached hydrogens (primary N) is 1. The monoisotopic (exact) mass is 192 g/mol. The first-order valence-corrected chi connectivity index (χ1v) is 5.07. The van der Waals surface area contributed by atoms with E-state index in [-0.39, 0.29) is 6.04 Å². The normalized spacial score (nSPS) is 13.2. The van der Waals surface area contributed by atoms with E-state index in [4.69, 9.17) is 5.73 Å². The Kier molecular flexibility index (Phi) is 4.11. The summed E-state index contributed by atoms with van der Waals surface area (Å²) in [4.78, 5) is 2.25. The van der Waals surface area contributed by atoms with Crippen LogP contribution in [0.1, 0.15) is 18.1 Å². The summed E-state index contributed by atoms with van der Waals surface area (Å²) in [6, 6.07) is 8.88. The molecule has 0 amide bonds. The van der Waals surface area contributed by atoms with Gasteiger partial charge in [0.1, 0.15) is 0 Å². The van der Waals surface area contributed by atoms with Crippen LogP contribution >= 0.6 is 0 Å². The van der Waals surface area contributed by atoms with Crippen molar-refractivity contribution in [2.24, 2.45) is 5.73 Å². The lowest BCUT2D eigenvalue weighted by Gasteiger charge is -2.18. The second-order valence-corrected chi connectivity index (χ2v) is 4.16. The molecular formula is C12H20N2. The van der Waals surface area contributed by atoms with Crippen molar-refractivity contribution >= 4 is 0 Å². The van der Waals surface area contributed by atoms with Gasteiger partial charge in [-0.2, -0.15) is 0 Å². The Hall–Kier alpha value is -0.860. The predicted molar refractivity (Wildman–Crippen MR) is 61.2 cm³/mol. The van der Waals surface area contributed by atoms with Crippen molar-refractivity contribution in [1.29, 1.82) is 0 Å². The maximum atomic E-state index is 5.73. The standard InChI is InChI=1S/C12H20N2/c1-10-4-6-12(7-5-10)9-14(3)8-11(2)13/h4-7,11H,8-9,13H2,1-3H3. The first-order chi connectivity index (χ1) is 6.58. The molecule has 1 aromatic rings. The SMILES string of the molecule is Cc1ccc(CN(C)CC(C)N)cc1. The minimum Gasteiger partial charge on any atom is -0.327 e. The van der Waals surface area contributed by atoms with E-state index in [9.17, 15) is 0 Å². The van der Waals surface area contributed by atoms with Gasteiger partial charge in [-0.1, -0.05) is 29.8 Å². The molecule has 0 saturated heterocycles. The third kappa shape index (κ3) is 3.90. The fourth-order valence-corrected chi connectivity index (χ4v) is 1.56. The lowest BCUT2D eigenvalue weighted by atomic mass is 10.1. The molecule has 0 bridgehead atoms. The van der Waals surface area contributed by atoms with E-state index in [0.29, 0.717) is 0 Å². The molecule has 0 aliphatic heterocycles. The second kappa shape index (κ2) is 5.13. The highest BCUT2D eigenvalue weighted by atomic mass is 15.1. The largest absolute Gasteiger partial charge is 0.327 e. The Bertz CT molecular complexity index is 264. The summed E-state index contributed by atoms with van der Waals surface area (Å²) in [7, 11) is 2.10. The van der Waals surface area contributed by atoms with Crippen LogP contribution in [-0.2, 0) is 6.54 Å². The van der Waals surface area contributed by atoms with E-state index in [2.05, 4.69) is 43.1 Å². The van der Waals surface area contributed by atoms with Crippen LogP contribution in [0.3, 0.4) is 0 Å². The van der Waals surface area contributed by atoms with Crippen molar-refractivity contribution in [1.82, 2.24) is 4.90 Å². The van der Waals surface area contributed by atoms with Crippen LogP contribution < -0.4 is 5.73 Å². The van der Waals surface area contributed by atoms with Crippen LogP contribution in [0.25, 0.3) is 0 Å². The highest BCUT2D eigenvalue weighted by molar-refractivity contribution is 5.21. The number of hydrogen-bond acceptors (Lipinski definition) is 2. The molecule has 0 radical (unpaired) electrons. The average Bonchev–Trinajstić information content (AvgIpc) is 2.07. The smallest absolute Gasteiger partial charge is 0.0231 e. The number of aryl methyl sites for hydroxylation is 1. The number of hydrogen-bond donors (Lipinski definition) is 1. The van der Waals surface area contributed by atoms with Gasteiger partial charge >= 0.3 is 0 Å². The van der Waals surface area contributed by atoms with Gasteiger partial charge in [-0.25, -0.2) is 0 Å². The van der Waals surface area contributed by atoms with Gasteiger partial charge in [0.25, 0.3) is 0 Å². The number of likely N-dealkylation sites (N-methyl/N-ethyl adjacent to an activating group) is 1. The Balaban J connectivity index is 2.47. The quantitative estimate of drug-likeness (QED) is 0.788. The first-order valence-electron chi connectivity index (χ1n) is 5.07. The molecule has 0 spiro atoms. The number of nitrogens with zero attached hydrogens (tertiary/aromatic N) is 1. The third-order valence-electron chi connectivity index (χ3n) is 2.17. The van der Waals surface area contributed by atoms with E-state index in [1.54, 1.807) is 0 Å². The summed E-state index contributed by atoms with van der Waals surface area (Å²) in [6.45, 7) is 6.05. The molecule has 2 nitrogen and oxygen atoms in total. The highest BCUT2D eigenvalue weighted by Crippen LogP contribution is 2.05. The summed E-state index contributed by atoms with van der Waals surface area (Å²) >= 11 is 0. The lowest BCUT2D eigenvalue weighted by molar-refractivity contribution is 0.310. The predicted octanol–water partition coefficient (Wildman–Crippen LogP) is 1.77. The lowest BCUT2D eigenvalue weighted by Crippen LogP contribution is -2.32. The molecule has 1 rings (SSSR count). The van der Waals surface area contributed by atoms with Crippen LogP contribution in [-0.4, -0.2) is 24.5 Å². The third-order valence-corrected chi connectivity index (χ3v) is 2.17. The van der Waals surface area contributed by atoms with Crippen molar-refractivity contribution in [3.8, 4) is 0 Å². The zero-order valence-corrected chi connectivity index (χ0v) is 9.33. The molecule has 14 heavy (non-hydrogen) atoms. The zero-order valence-electron chi connectivity index (χ0n) is 9.33. The first kappa shape index (κ1) is 11.2. The van der Waals surface area contributed by atoms with Gasteiger partial charge < -0.3 is 10.6 Å². The number of rotatable bonds is 4. The summed E-state index contributed by atoms with van der Waals surface area (Å²) in [5.41, 5.74) is 8.38. The second-order valence-electron chi connectivity index (χ2n) is 4.16. The summed E-state index contributed by atoms with van der Waals surface area (Å²) in [5.74, 6) is 0. The molecule has 1 aromatic carbocycles. The van der Waals surface area contributed by atoms with Gasteiger partial charge in [0.15, 0.2) is 0 Å². The molecule has 0 aromatic heterocycles. The van der Waals surface area contributed by atoms with Crippen LogP contribution in [0, 0.1) is 6.92 Å². The zero-order chi connectivity index (χ0) is 10.6. The molecule has 0 fully saturated rings. The summed E-state index contributed by atoms with van der Waals surface area (Å²) in [6.07, 6.45) is 0. The molecule has 1 atom stereocenters. The molecule has 0 saturated carbocycles. The van der Waals surface area contributed by atoms with E-state index < -0.39 is 0 Å². The van der Waals surface area contributed by atoms with E-state index in [1.807, 2.05) is 6.92 Å². The Labute approximate surface area is 86.7 Å². The van der Waals surface area contributed by atoms with Crippen molar-refractivity contribution in [2.75, 3.05) is 13.6 Å². The Morgan fingerprint density at radius 2 is 1.86 bits per heavy atom. The van der Waals surface area contributed by atoms with Gasteiger partial charge in [-0.15, -0.1) is 0 Å². The Morgan fingerprint density at radius 1 is 1.29 bits per heavy atom.